The van der Waals surface area contributed by atoms with Gasteiger partial charge in [-0.1, -0.05) is 72.9 Å². The van der Waals surface area contributed by atoms with Crippen LogP contribution in [-0.4, -0.2) is 12.1 Å². The number of allylic oxidation sites excluding steroid dienone is 4. The normalized spacial score (nSPS) is 21.2. The fraction of sp³-hybridized carbons (Fsp3) is 0.250. The topological polar surface area (TPSA) is 41.9 Å². The van der Waals surface area contributed by atoms with Crippen LogP contribution >= 0.6 is 0 Å². The Morgan fingerprint density at radius 2 is 1.46 bits per heavy atom. The summed E-state index contributed by atoms with van der Waals surface area (Å²) < 4.78 is 0. The van der Waals surface area contributed by atoms with Gasteiger partial charge in [0, 0.05) is 0 Å². The fourth-order valence-corrected chi connectivity index (χ4v) is 3.15. The number of para-hydroxylation sites is 1. The molecule has 2 aliphatic carbocycles. The van der Waals surface area contributed by atoms with Crippen LogP contribution in [0.25, 0.3) is 0 Å². The summed E-state index contributed by atoms with van der Waals surface area (Å²) in [6, 6.07) is 19.4. The number of fused-ring (bicyclic) bond motifs is 2. The van der Waals surface area contributed by atoms with Crippen molar-refractivity contribution in [3.05, 3.63) is 102 Å². The molecule has 1 fully saturated rings. The molecule has 2 aromatic rings. The summed E-state index contributed by atoms with van der Waals surface area (Å²) in [5.41, 5.74) is 1.64. The minimum atomic E-state index is 0.292. The van der Waals surface area contributed by atoms with Crippen molar-refractivity contribution in [2.24, 2.45) is 5.18 Å². The van der Waals surface area contributed by atoms with Crippen LogP contribution in [0.5, 0.6) is 0 Å². The lowest BCUT2D eigenvalue weighted by atomic mass is 9.98. The van der Waals surface area contributed by atoms with E-state index in [-0.39, 0.29) is 0 Å². The molecular weight excluding hydrogens is 348 g/mol. The van der Waals surface area contributed by atoms with E-state index in [2.05, 4.69) is 53.8 Å². The van der Waals surface area contributed by atoms with Crippen LogP contribution in [0.15, 0.2) is 102 Å². The summed E-state index contributed by atoms with van der Waals surface area (Å²) in [5.74, 6) is 0. The van der Waals surface area contributed by atoms with Gasteiger partial charge in [-0.15, -0.1) is 4.91 Å². The molecule has 2 aliphatic heterocycles. The van der Waals surface area contributed by atoms with Gasteiger partial charge >= 0.3 is 0 Å². The zero-order valence-electron chi connectivity index (χ0n) is 15.9. The first-order valence-electron chi connectivity index (χ1n) is 9.76. The standard InChI is InChI=1S/C12H13NO.C6H5NO.C6H8/c1-2-4-10(5-3-1)13-11-6-8-12(14-13)9-7-11;8-7-6-4-2-1-3-5-6;1-2-4-6-5-3-1/h1-6,8,11-12H,7,9H2;1-5H;1-4H,5-6H2. The monoisotopic (exact) mass is 374 g/mol. The third-order valence-electron chi connectivity index (χ3n) is 4.60. The van der Waals surface area contributed by atoms with Gasteiger partial charge in [0.05, 0.1) is 11.7 Å². The predicted octanol–water partition coefficient (Wildman–Crippen LogP) is 6.50. The average molecular weight is 374 g/mol. The molecule has 2 aromatic carbocycles. The van der Waals surface area contributed by atoms with E-state index in [1.54, 1.807) is 24.3 Å². The van der Waals surface area contributed by atoms with Crippen molar-refractivity contribution in [3.8, 4) is 0 Å². The SMILES string of the molecule is C1=CC2CCC1ON2c1ccccc1.C1=CCCC=C1.O=Nc1ccccc1. The van der Waals surface area contributed by atoms with Gasteiger partial charge in [0.1, 0.15) is 11.8 Å². The van der Waals surface area contributed by atoms with Crippen molar-refractivity contribution in [2.75, 3.05) is 5.06 Å². The van der Waals surface area contributed by atoms with Crippen LogP contribution in [0, 0.1) is 4.91 Å². The number of nitrogens with zero attached hydrogens (tertiary/aromatic N) is 2. The van der Waals surface area contributed by atoms with E-state index in [4.69, 9.17) is 4.84 Å². The number of nitroso groups, excluding NO2 is 1. The molecule has 1 saturated heterocycles. The molecule has 6 rings (SSSR count). The lowest BCUT2D eigenvalue weighted by molar-refractivity contribution is 0.00353. The first-order valence-corrected chi connectivity index (χ1v) is 9.76. The summed E-state index contributed by atoms with van der Waals surface area (Å²) in [6.07, 6.45) is 18.1. The van der Waals surface area contributed by atoms with Gasteiger partial charge in [-0.25, -0.2) is 5.06 Å². The van der Waals surface area contributed by atoms with Crippen molar-refractivity contribution in [1.29, 1.82) is 0 Å². The molecule has 144 valence electrons. The Hall–Kier alpha value is -2.98. The molecule has 4 heteroatoms. The van der Waals surface area contributed by atoms with E-state index in [0.29, 0.717) is 17.8 Å². The molecule has 4 nitrogen and oxygen atoms in total. The third-order valence-corrected chi connectivity index (χ3v) is 4.60. The molecule has 2 unspecified atom stereocenters. The Balaban J connectivity index is 0.000000136. The van der Waals surface area contributed by atoms with Gasteiger partial charge in [-0.3, -0.25) is 4.84 Å². The van der Waals surface area contributed by atoms with Gasteiger partial charge in [0.25, 0.3) is 0 Å². The minimum Gasteiger partial charge on any atom is -0.265 e. The molecule has 2 heterocycles. The van der Waals surface area contributed by atoms with E-state index in [1.807, 2.05) is 29.3 Å². The maximum Gasteiger partial charge on any atom is 0.107 e. The van der Waals surface area contributed by atoms with E-state index in [9.17, 15) is 4.91 Å². The van der Waals surface area contributed by atoms with E-state index < -0.39 is 0 Å². The lowest BCUT2D eigenvalue weighted by Crippen LogP contribution is -2.45. The molecule has 2 bridgehead atoms. The fourth-order valence-electron chi connectivity index (χ4n) is 3.15. The highest BCUT2D eigenvalue weighted by molar-refractivity contribution is 5.46. The van der Waals surface area contributed by atoms with Crippen LogP contribution in [0.3, 0.4) is 0 Å². The molecule has 2 atom stereocenters. The summed E-state index contributed by atoms with van der Waals surface area (Å²) in [6.45, 7) is 0. The van der Waals surface area contributed by atoms with Gasteiger partial charge < -0.3 is 0 Å². The van der Waals surface area contributed by atoms with Crippen molar-refractivity contribution >= 4 is 11.4 Å². The molecule has 4 aliphatic rings. The molecule has 0 N–H and O–H groups in total. The Labute approximate surface area is 166 Å². The highest BCUT2D eigenvalue weighted by atomic mass is 16.7. The zero-order valence-corrected chi connectivity index (χ0v) is 15.9. The van der Waals surface area contributed by atoms with Gasteiger partial charge in [0.15, 0.2) is 0 Å². The van der Waals surface area contributed by atoms with Gasteiger partial charge in [-0.05, 0) is 55.1 Å². The number of anilines is 1. The van der Waals surface area contributed by atoms with E-state index >= 15 is 0 Å². The van der Waals surface area contributed by atoms with E-state index in [1.165, 1.54) is 19.3 Å². The number of hydroxylamine groups is 1. The van der Waals surface area contributed by atoms with Crippen molar-refractivity contribution in [1.82, 2.24) is 0 Å². The molecule has 0 amide bonds. The first kappa shape index (κ1) is 19.8. The van der Waals surface area contributed by atoms with Crippen LogP contribution < -0.4 is 5.06 Å². The first-order chi connectivity index (χ1) is 13.9. The van der Waals surface area contributed by atoms with Crippen LogP contribution in [0.2, 0.25) is 0 Å². The minimum absolute atomic E-state index is 0.292. The smallest absolute Gasteiger partial charge is 0.107 e. The van der Waals surface area contributed by atoms with Crippen molar-refractivity contribution < 1.29 is 4.84 Å². The summed E-state index contributed by atoms with van der Waals surface area (Å²) in [7, 11) is 0. The Morgan fingerprint density at radius 1 is 0.821 bits per heavy atom. The lowest BCUT2D eigenvalue weighted by Gasteiger charge is -2.41. The third kappa shape index (κ3) is 6.03. The summed E-state index contributed by atoms with van der Waals surface area (Å²) in [4.78, 5) is 15.6. The highest BCUT2D eigenvalue weighted by Crippen LogP contribution is 2.31. The largest absolute Gasteiger partial charge is 0.265 e. The highest BCUT2D eigenvalue weighted by Gasteiger charge is 2.30. The van der Waals surface area contributed by atoms with Crippen molar-refractivity contribution in [3.63, 3.8) is 0 Å². The quantitative estimate of drug-likeness (QED) is 0.445. The van der Waals surface area contributed by atoms with Crippen LogP contribution in [0.1, 0.15) is 25.7 Å². The molecule has 0 radical (unpaired) electrons. The van der Waals surface area contributed by atoms with Crippen molar-refractivity contribution in [2.45, 2.75) is 37.8 Å². The van der Waals surface area contributed by atoms with E-state index in [0.717, 1.165) is 12.1 Å². The number of benzene rings is 2. The Bertz CT molecular complexity index is 788. The Kier molecular flexibility index (Phi) is 7.77. The molecule has 0 spiro atoms. The predicted molar refractivity (Wildman–Crippen MR) is 115 cm³/mol. The molecule has 28 heavy (non-hydrogen) atoms. The summed E-state index contributed by atoms with van der Waals surface area (Å²) in [5, 5.41) is 4.76. The number of hydrogen-bond donors (Lipinski definition) is 0. The molecule has 0 saturated carbocycles. The molecule has 0 aromatic heterocycles. The summed E-state index contributed by atoms with van der Waals surface area (Å²) >= 11 is 0. The van der Waals surface area contributed by atoms with Crippen LogP contribution in [-0.2, 0) is 4.84 Å². The molecular formula is C24H26N2O2. The zero-order chi connectivity index (χ0) is 19.4. The second kappa shape index (κ2) is 11.0. The maximum absolute atomic E-state index is 9.76. The number of hydrogen-bond acceptors (Lipinski definition) is 4. The Morgan fingerprint density at radius 3 is 1.86 bits per heavy atom. The average Bonchev–Trinajstić information content (AvgIpc) is 2.83. The van der Waals surface area contributed by atoms with Crippen LogP contribution in [0.4, 0.5) is 11.4 Å². The second-order valence-corrected chi connectivity index (χ2v) is 6.70. The van der Waals surface area contributed by atoms with Gasteiger partial charge in [0.2, 0.25) is 0 Å². The second-order valence-electron chi connectivity index (χ2n) is 6.70. The van der Waals surface area contributed by atoms with Gasteiger partial charge in [-0.2, -0.15) is 0 Å². The maximum atomic E-state index is 9.76. The number of rotatable bonds is 2.